The van der Waals surface area contributed by atoms with Crippen molar-refractivity contribution >= 4 is 35.1 Å². The smallest absolute Gasteiger partial charge is 0.329 e. The van der Waals surface area contributed by atoms with Gasteiger partial charge in [0.2, 0.25) is 5.91 Å². The second-order valence-electron chi connectivity index (χ2n) is 6.20. The summed E-state index contributed by atoms with van der Waals surface area (Å²) in [7, 11) is 0. The molecule has 23 heavy (non-hydrogen) atoms. The van der Waals surface area contributed by atoms with Gasteiger partial charge in [0.25, 0.3) is 0 Å². The summed E-state index contributed by atoms with van der Waals surface area (Å²) in [5.41, 5.74) is -0.516. The first kappa shape index (κ1) is 18.1. The number of rotatable bonds is 5. The Labute approximate surface area is 146 Å². The van der Waals surface area contributed by atoms with E-state index < -0.39 is 11.5 Å². The summed E-state index contributed by atoms with van der Waals surface area (Å²) in [4.78, 5) is 24.0. The Hall–Kier alpha value is -1.26. The molecule has 1 amide bonds. The highest BCUT2D eigenvalue weighted by Gasteiger charge is 2.42. The number of benzene rings is 1. The number of carbonyl (C=O) groups excluding carboxylic acids is 1. The van der Waals surface area contributed by atoms with E-state index in [1.165, 1.54) is 0 Å². The highest BCUT2D eigenvalue weighted by atomic mass is 35.5. The van der Waals surface area contributed by atoms with Gasteiger partial charge in [-0.1, -0.05) is 42.6 Å². The highest BCUT2D eigenvalue weighted by molar-refractivity contribution is 6.35. The van der Waals surface area contributed by atoms with Crippen LogP contribution in [0.25, 0.3) is 0 Å². The van der Waals surface area contributed by atoms with Gasteiger partial charge in [-0.25, -0.2) is 4.79 Å². The van der Waals surface area contributed by atoms with Gasteiger partial charge in [0.1, 0.15) is 5.54 Å². The molecule has 1 fully saturated rings. The second-order valence-corrected chi connectivity index (χ2v) is 7.04. The highest BCUT2D eigenvalue weighted by Crippen LogP contribution is 2.34. The van der Waals surface area contributed by atoms with Gasteiger partial charge in [-0.3, -0.25) is 4.79 Å². The van der Waals surface area contributed by atoms with Crippen LogP contribution in [0.4, 0.5) is 0 Å². The molecule has 0 aliphatic heterocycles. The number of carboxylic acid groups (broad SMARTS) is 1. The molecule has 1 aliphatic rings. The lowest BCUT2D eigenvalue weighted by atomic mass is 9.75. The van der Waals surface area contributed by atoms with Crippen molar-refractivity contribution < 1.29 is 14.7 Å². The standard InChI is InChI=1S/C17H21Cl2NO3/c1-2-11-5-7-17(8-6-11,16(22)23)20-15(21)9-12-3-4-13(18)10-14(12)19/h3-4,10-11H,2,5-9H2,1H3,(H,20,21)(H,22,23). The van der Waals surface area contributed by atoms with E-state index in [0.717, 1.165) is 19.3 Å². The fourth-order valence-corrected chi connectivity index (χ4v) is 3.60. The Bertz CT molecular complexity index is 596. The maximum atomic E-state index is 12.3. The summed E-state index contributed by atoms with van der Waals surface area (Å²) in [5.74, 6) is -0.737. The van der Waals surface area contributed by atoms with Gasteiger partial charge in [0, 0.05) is 10.0 Å². The predicted molar refractivity (Wildman–Crippen MR) is 90.9 cm³/mol. The van der Waals surface area contributed by atoms with Crippen LogP contribution in [0.2, 0.25) is 10.0 Å². The molecule has 0 atom stereocenters. The van der Waals surface area contributed by atoms with E-state index >= 15 is 0 Å². The zero-order valence-corrected chi connectivity index (χ0v) is 14.6. The Morgan fingerprint density at radius 1 is 1.30 bits per heavy atom. The zero-order chi connectivity index (χ0) is 17.0. The number of hydrogen-bond donors (Lipinski definition) is 2. The van der Waals surface area contributed by atoms with Crippen molar-refractivity contribution in [1.82, 2.24) is 5.32 Å². The minimum atomic E-state index is -1.15. The van der Waals surface area contributed by atoms with E-state index in [0.29, 0.717) is 34.4 Å². The van der Waals surface area contributed by atoms with E-state index in [9.17, 15) is 14.7 Å². The maximum absolute atomic E-state index is 12.3. The number of halogens is 2. The van der Waals surface area contributed by atoms with Crippen molar-refractivity contribution in [3.63, 3.8) is 0 Å². The van der Waals surface area contributed by atoms with Crippen molar-refractivity contribution in [3.8, 4) is 0 Å². The molecule has 0 bridgehead atoms. The van der Waals surface area contributed by atoms with Crippen LogP contribution in [-0.4, -0.2) is 22.5 Å². The van der Waals surface area contributed by atoms with Gasteiger partial charge in [-0.15, -0.1) is 0 Å². The average Bonchev–Trinajstić information content (AvgIpc) is 2.50. The predicted octanol–water partition coefficient (Wildman–Crippen LogP) is 4.08. The molecular formula is C17H21Cl2NO3. The lowest BCUT2D eigenvalue weighted by molar-refractivity contribution is -0.149. The van der Waals surface area contributed by atoms with Gasteiger partial charge >= 0.3 is 5.97 Å². The SMILES string of the molecule is CCC1CCC(NC(=O)Cc2ccc(Cl)cc2Cl)(C(=O)O)CC1. The summed E-state index contributed by atoms with van der Waals surface area (Å²) >= 11 is 11.9. The second kappa shape index (κ2) is 7.54. The Morgan fingerprint density at radius 3 is 2.48 bits per heavy atom. The normalized spacial score (nSPS) is 24.2. The monoisotopic (exact) mass is 357 g/mol. The third-order valence-corrected chi connectivity index (χ3v) is 5.28. The molecule has 2 N–H and O–H groups in total. The molecule has 0 radical (unpaired) electrons. The summed E-state index contributed by atoms with van der Waals surface area (Å²) in [6.07, 6.45) is 3.68. The van der Waals surface area contributed by atoms with Crippen molar-refractivity contribution in [2.45, 2.75) is 51.0 Å². The van der Waals surface area contributed by atoms with Crippen LogP contribution in [0.5, 0.6) is 0 Å². The van der Waals surface area contributed by atoms with Crippen LogP contribution >= 0.6 is 23.2 Å². The average molecular weight is 358 g/mol. The first-order valence-electron chi connectivity index (χ1n) is 7.84. The molecule has 2 rings (SSSR count). The van der Waals surface area contributed by atoms with Crippen molar-refractivity contribution in [2.75, 3.05) is 0 Å². The molecule has 4 nitrogen and oxygen atoms in total. The molecule has 1 aromatic rings. The van der Waals surface area contributed by atoms with E-state index in [2.05, 4.69) is 12.2 Å². The van der Waals surface area contributed by atoms with Gasteiger partial charge < -0.3 is 10.4 Å². The molecule has 6 heteroatoms. The zero-order valence-electron chi connectivity index (χ0n) is 13.1. The number of carboxylic acids is 1. The van der Waals surface area contributed by atoms with Crippen LogP contribution < -0.4 is 5.32 Å². The largest absolute Gasteiger partial charge is 0.480 e. The third kappa shape index (κ3) is 4.39. The maximum Gasteiger partial charge on any atom is 0.329 e. The molecule has 0 saturated heterocycles. The number of aliphatic carboxylic acids is 1. The van der Waals surface area contributed by atoms with Gasteiger partial charge in [0.05, 0.1) is 6.42 Å². The summed E-state index contributed by atoms with van der Waals surface area (Å²) in [6.45, 7) is 2.11. The Kier molecular flexibility index (Phi) is 5.93. The van der Waals surface area contributed by atoms with Crippen LogP contribution in [0.3, 0.4) is 0 Å². The lowest BCUT2D eigenvalue weighted by Gasteiger charge is -2.37. The molecule has 0 unspecified atom stereocenters. The topological polar surface area (TPSA) is 66.4 Å². The number of amides is 1. The van der Waals surface area contributed by atoms with Crippen molar-refractivity contribution in [1.29, 1.82) is 0 Å². The van der Waals surface area contributed by atoms with Crippen molar-refractivity contribution in [3.05, 3.63) is 33.8 Å². The number of hydrogen-bond acceptors (Lipinski definition) is 2. The van der Waals surface area contributed by atoms with Crippen LogP contribution in [0.1, 0.15) is 44.6 Å². The quantitative estimate of drug-likeness (QED) is 0.834. The van der Waals surface area contributed by atoms with Gasteiger partial charge in [-0.05, 0) is 49.3 Å². The molecule has 1 saturated carbocycles. The molecule has 126 valence electrons. The first-order chi connectivity index (χ1) is 10.9. The number of carbonyl (C=O) groups is 2. The van der Waals surface area contributed by atoms with Crippen LogP contribution in [-0.2, 0) is 16.0 Å². The van der Waals surface area contributed by atoms with E-state index in [1.54, 1.807) is 18.2 Å². The summed E-state index contributed by atoms with van der Waals surface area (Å²) < 4.78 is 0. The molecule has 0 aromatic heterocycles. The van der Waals surface area contributed by atoms with Gasteiger partial charge in [-0.2, -0.15) is 0 Å². The van der Waals surface area contributed by atoms with Crippen LogP contribution in [0.15, 0.2) is 18.2 Å². The third-order valence-electron chi connectivity index (χ3n) is 4.69. The van der Waals surface area contributed by atoms with E-state index in [1.807, 2.05) is 0 Å². The Morgan fingerprint density at radius 2 is 1.96 bits per heavy atom. The van der Waals surface area contributed by atoms with Gasteiger partial charge in [0.15, 0.2) is 0 Å². The van der Waals surface area contributed by atoms with Crippen molar-refractivity contribution in [2.24, 2.45) is 5.92 Å². The molecule has 1 aliphatic carbocycles. The molecule has 0 heterocycles. The molecule has 0 spiro atoms. The Balaban J connectivity index is 2.05. The van der Waals surface area contributed by atoms with E-state index in [4.69, 9.17) is 23.2 Å². The van der Waals surface area contributed by atoms with Crippen LogP contribution in [0, 0.1) is 5.92 Å². The lowest BCUT2D eigenvalue weighted by Crippen LogP contribution is -2.56. The fourth-order valence-electron chi connectivity index (χ4n) is 3.12. The first-order valence-corrected chi connectivity index (χ1v) is 8.60. The summed E-state index contributed by atoms with van der Waals surface area (Å²) in [6, 6.07) is 4.92. The van der Waals surface area contributed by atoms with E-state index in [-0.39, 0.29) is 12.3 Å². The number of nitrogens with one attached hydrogen (secondary N) is 1. The minimum Gasteiger partial charge on any atom is -0.480 e. The minimum absolute atomic E-state index is 0.0439. The molecular weight excluding hydrogens is 337 g/mol. The summed E-state index contributed by atoms with van der Waals surface area (Å²) in [5, 5.41) is 13.2. The molecule has 1 aromatic carbocycles. The fraction of sp³-hybridized carbons (Fsp3) is 0.529.